The summed E-state index contributed by atoms with van der Waals surface area (Å²) in [4.78, 5) is 0. The van der Waals surface area contributed by atoms with E-state index in [1.807, 2.05) is 60.7 Å². The summed E-state index contributed by atoms with van der Waals surface area (Å²) in [6.07, 6.45) is -2.01. The molecular weight excluding hydrogens is 344 g/mol. The molecule has 2 N–H and O–H groups in total. The summed E-state index contributed by atoms with van der Waals surface area (Å²) in [5.41, 5.74) is 2.00. The standard InChI is InChI=1S/C22H26O5/c1-2-18(23)21(26-15-17-11-7-4-8-12-17)22-19(24)13-20(27-22)25-14-16-9-5-3-6-10-16/h2-12,18-24H,1,13-15H2/t18-,19-,20?,21+,22+/m1/s1. The van der Waals surface area contributed by atoms with Crippen LogP contribution in [0, 0.1) is 0 Å². The van der Waals surface area contributed by atoms with Crippen molar-refractivity contribution in [1.29, 1.82) is 0 Å². The van der Waals surface area contributed by atoms with Crippen LogP contribution < -0.4 is 0 Å². The molecule has 3 rings (SSSR count). The van der Waals surface area contributed by atoms with Gasteiger partial charge < -0.3 is 24.4 Å². The van der Waals surface area contributed by atoms with Gasteiger partial charge in [-0.25, -0.2) is 0 Å². The molecule has 0 spiro atoms. The van der Waals surface area contributed by atoms with Crippen molar-refractivity contribution >= 4 is 0 Å². The van der Waals surface area contributed by atoms with Gasteiger partial charge in [-0.3, -0.25) is 0 Å². The van der Waals surface area contributed by atoms with E-state index >= 15 is 0 Å². The molecule has 1 heterocycles. The number of aliphatic hydroxyl groups is 2. The lowest BCUT2D eigenvalue weighted by Crippen LogP contribution is -2.44. The first-order chi connectivity index (χ1) is 13.2. The van der Waals surface area contributed by atoms with Crippen LogP contribution in [0.3, 0.4) is 0 Å². The van der Waals surface area contributed by atoms with E-state index in [1.54, 1.807) is 0 Å². The van der Waals surface area contributed by atoms with Crippen molar-refractivity contribution in [2.75, 3.05) is 0 Å². The van der Waals surface area contributed by atoms with Gasteiger partial charge in [-0.15, -0.1) is 6.58 Å². The SMILES string of the molecule is C=C[C@@H](O)[C@H](OCc1ccccc1)[C@H]1OC(OCc2ccccc2)C[C@H]1O. The Bertz CT molecular complexity index is 690. The Balaban J connectivity index is 1.59. The lowest BCUT2D eigenvalue weighted by Gasteiger charge is -2.28. The van der Waals surface area contributed by atoms with Crippen molar-refractivity contribution in [3.63, 3.8) is 0 Å². The quantitative estimate of drug-likeness (QED) is 0.665. The number of ether oxygens (including phenoxy) is 3. The maximum absolute atomic E-state index is 10.4. The molecule has 2 aromatic rings. The first kappa shape index (κ1) is 19.7. The molecule has 144 valence electrons. The van der Waals surface area contributed by atoms with E-state index in [2.05, 4.69) is 6.58 Å². The Morgan fingerprint density at radius 1 is 1.04 bits per heavy atom. The highest BCUT2D eigenvalue weighted by Crippen LogP contribution is 2.28. The molecule has 2 aromatic carbocycles. The zero-order chi connectivity index (χ0) is 19.1. The van der Waals surface area contributed by atoms with Gasteiger partial charge >= 0.3 is 0 Å². The summed E-state index contributed by atoms with van der Waals surface area (Å²) < 4.78 is 17.5. The van der Waals surface area contributed by atoms with E-state index < -0.39 is 30.7 Å². The molecule has 1 aliphatic rings. The molecule has 0 radical (unpaired) electrons. The van der Waals surface area contributed by atoms with Gasteiger partial charge in [0, 0.05) is 6.42 Å². The minimum absolute atomic E-state index is 0.304. The average molecular weight is 370 g/mol. The van der Waals surface area contributed by atoms with Crippen LogP contribution in [-0.4, -0.2) is 40.9 Å². The summed E-state index contributed by atoms with van der Waals surface area (Å²) in [5.74, 6) is 0. The van der Waals surface area contributed by atoms with E-state index in [0.717, 1.165) is 11.1 Å². The van der Waals surface area contributed by atoms with Crippen LogP contribution in [0.2, 0.25) is 0 Å². The molecule has 0 aromatic heterocycles. The third kappa shape index (κ3) is 5.48. The molecule has 0 bridgehead atoms. The van der Waals surface area contributed by atoms with Crippen molar-refractivity contribution < 1.29 is 24.4 Å². The van der Waals surface area contributed by atoms with E-state index in [9.17, 15) is 10.2 Å². The molecule has 1 aliphatic heterocycles. The molecule has 0 saturated carbocycles. The van der Waals surface area contributed by atoms with Crippen molar-refractivity contribution in [3.8, 4) is 0 Å². The van der Waals surface area contributed by atoms with Gasteiger partial charge in [0.05, 0.1) is 19.3 Å². The summed E-state index contributed by atoms with van der Waals surface area (Å²) in [6.45, 7) is 4.33. The van der Waals surface area contributed by atoms with Crippen LogP contribution in [0.4, 0.5) is 0 Å². The largest absolute Gasteiger partial charge is 0.390 e. The van der Waals surface area contributed by atoms with E-state index in [1.165, 1.54) is 6.08 Å². The normalized spacial score (nSPS) is 24.4. The average Bonchev–Trinajstić information content (AvgIpc) is 3.08. The Labute approximate surface area is 159 Å². The molecule has 5 nitrogen and oxygen atoms in total. The van der Waals surface area contributed by atoms with Gasteiger partial charge in [-0.2, -0.15) is 0 Å². The van der Waals surface area contributed by atoms with Crippen LogP contribution >= 0.6 is 0 Å². The topological polar surface area (TPSA) is 68.2 Å². The molecule has 1 fully saturated rings. The summed E-state index contributed by atoms with van der Waals surface area (Å²) >= 11 is 0. The molecular formula is C22H26O5. The fraction of sp³-hybridized carbons (Fsp3) is 0.364. The second kappa shape index (κ2) is 9.78. The van der Waals surface area contributed by atoms with Gasteiger partial charge in [-0.05, 0) is 11.1 Å². The fourth-order valence-corrected chi connectivity index (χ4v) is 3.11. The van der Waals surface area contributed by atoms with Gasteiger partial charge in [-0.1, -0.05) is 66.7 Å². The third-order valence-corrected chi connectivity index (χ3v) is 4.59. The van der Waals surface area contributed by atoms with Crippen LogP contribution in [0.15, 0.2) is 73.3 Å². The van der Waals surface area contributed by atoms with Crippen LogP contribution in [0.5, 0.6) is 0 Å². The first-order valence-electron chi connectivity index (χ1n) is 9.12. The molecule has 1 saturated heterocycles. The van der Waals surface area contributed by atoms with Gasteiger partial charge in [0.15, 0.2) is 6.29 Å². The molecule has 0 amide bonds. The second-order valence-electron chi connectivity index (χ2n) is 6.62. The zero-order valence-corrected chi connectivity index (χ0v) is 15.2. The third-order valence-electron chi connectivity index (χ3n) is 4.59. The van der Waals surface area contributed by atoms with Crippen LogP contribution in [0.1, 0.15) is 17.5 Å². The maximum Gasteiger partial charge on any atom is 0.161 e. The van der Waals surface area contributed by atoms with Crippen molar-refractivity contribution in [2.45, 2.75) is 50.3 Å². The maximum atomic E-state index is 10.4. The molecule has 1 unspecified atom stereocenters. The minimum atomic E-state index is -0.957. The van der Waals surface area contributed by atoms with E-state index in [0.29, 0.717) is 19.6 Å². The highest BCUT2D eigenvalue weighted by Gasteiger charge is 2.42. The lowest BCUT2D eigenvalue weighted by molar-refractivity contribution is -0.186. The van der Waals surface area contributed by atoms with E-state index in [4.69, 9.17) is 14.2 Å². The first-order valence-corrected chi connectivity index (χ1v) is 9.12. The number of rotatable bonds is 9. The number of aliphatic hydroxyl groups excluding tert-OH is 2. The Morgan fingerprint density at radius 3 is 2.22 bits per heavy atom. The van der Waals surface area contributed by atoms with Gasteiger partial charge in [0.1, 0.15) is 18.3 Å². The molecule has 0 aliphatic carbocycles. The van der Waals surface area contributed by atoms with E-state index in [-0.39, 0.29) is 0 Å². The van der Waals surface area contributed by atoms with Gasteiger partial charge in [0.2, 0.25) is 0 Å². The van der Waals surface area contributed by atoms with Crippen LogP contribution in [-0.2, 0) is 27.4 Å². The summed E-state index contributed by atoms with van der Waals surface area (Å²) in [5, 5.41) is 20.7. The van der Waals surface area contributed by atoms with Crippen molar-refractivity contribution in [1.82, 2.24) is 0 Å². The summed E-state index contributed by atoms with van der Waals surface area (Å²) in [7, 11) is 0. The lowest BCUT2D eigenvalue weighted by atomic mass is 10.0. The van der Waals surface area contributed by atoms with Crippen molar-refractivity contribution in [3.05, 3.63) is 84.4 Å². The number of hydrogen-bond donors (Lipinski definition) is 2. The minimum Gasteiger partial charge on any atom is -0.390 e. The molecule has 27 heavy (non-hydrogen) atoms. The summed E-state index contributed by atoms with van der Waals surface area (Å²) in [6, 6.07) is 19.4. The van der Waals surface area contributed by atoms with Crippen LogP contribution in [0.25, 0.3) is 0 Å². The predicted octanol–water partition coefficient (Wildman–Crippen LogP) is 2.81. The Hall–Kier alpha value is -2.02. The highest BCUT2D eigenvalue weighted by atomic mass is 16.7. The smallest absolute Gasteiger partial charge is 0.161 e. The Morgan fingerprint density at radius 2 is 1.63 bits per heavy atom. The number of hydrogen-bond acceptors (Lipinski definition) is 5. The fourth-order valence-electron chi connectivity index (χ4n) is 3.11. The van der Waals surface area contributed by atoms with Crippen molar-refractivity contribution in [2.24, 2.45) is 0 Å². The highest BCUT2D eigenvalue weighted by molar-refractivity contribution is 5.14. The predicted molar refractivity (Wildman–Crippen MR) is 102 cm³/mol. The zero-order valence-electron chi connectivity index (χ0n) is 15.2. The molecule has 5 heteroatoms. The Kier molecular flexibility index (Phi) is 7.15. The second-order valence-corrected chi connectivity index (χ2v) is 6.62. The van der Waals surface area contributed by atoms with Gasteiger partial charge in [0.25, 0.3) is 0 Å². The number of benzene rings is 2. The molecule has 5 atom stereocenters. The monoisotopic (exact) mass is 370 g/mol.